The van der Waals surface area contributed by atoms with E-state index >= 15 is 0 Å². The van der Waals surface area contributed by atoms with Gasteiger partial charge in [0.05, 0.1) is 10.5 Å². The molecule has 1 aliphatic heterocycles. The van der Waals surface area contributed by atoms with Gasteiger partial charge in [0.25, 0.3) is 15.9 Å². The van der Waals surface area contributed by atoms with Gasteiger partial charge in [-0.2, -0.15) is 13.2 Å². The molecule has 0 saturated heterocycles. The van der Waals surface area contributed by atoms with Crippen molar-refractivity contribution in [2.45, 2.75) is 11.1 Å². The number of benzene rings is 3. The zero-order valence-corrected chi connectivity index (χ0v) is 14.3. The molecule has 1 heterocycles. The molecule has 3 aromatic carbocycles. The van der Waals surface area contributed by atoms with Crippen LogP contribution in [0, 0.1) is 0 Å². The number of hydrogen-bond donors (Lipinski definition) is 2. The predicted molar refractivity (Wildman–Crippen MR) is 94.2 cm³/mol. The summed E-state index contributed by atoms with van der Waals surface area (Å²) < 4.78 is 65.8. The zero-order valence-electron chi connectivity index (χ0n) is 13.5. The second-order valence-corrected chi connectivity index (χ2v) is 7.62. The smallest absolute Gasteiger partial charge is 0.321 e. The summed E-state index contributed by atoms with van der Waals surface area (Å²) in [5.41, 5.74) is 0.00832. The SMILES string of the molecule is O=C1Nc2ccc(S(=O)(=O)Nc3ccc(C(F)(F)F)cc3)c3cccc1c23. The molecular formula is C18H11F3N2O3S. The van der Waals surface area contributed by atoms with E-state index < -0.39 is 21.8 Å². The van der Waals surface area contributed by atoms with Crippen LogP contribution in [-0.2, 0) is 16.2 Å². The third-order valence-electron chi connectivity index (χ3n) is 4.25. The van der Waals surface area contributed by atoms with Crippen molar-refractivity contribution >= 4 is 38.1 Å². The van der Waals surface area contributed by atoms with Crippen LogP contribution in [0.5, 0.6) is 0 Å². The number of anilines is 2. The van der Waals surface area contributed by atoms with Crippen molar-refractivity contribution in [1.82, 2.24) is 0 Å². The minimum atomic E-state index is -4.51. The van der Waals surface area contributed by atoms with E-state index in [9.17, 15) is 26.4 Å². The van der Waals surface area contributed by atoms with E-state index in [1.807, 2.05) is 0 Å². The highest BCUT2D eigenvalue weighted by Crippen LogP contribution is 2.37. The van der Waals surface area contributed by atoms with Crippen LogP contribution in [0.25, 0.3) is 10.8 Å². The van der Waals surface area contributed by atoms with E-state index in [1.165, 1.54) is 12.1 Å². The van der Waals surface area contributed by atoms with Crippen molar-refractivity contribution in [3.8, 4) is 0 Å². The summed E-state index contributed by atoms with van der Waals surface area (Å²) in [5.74, 6) is -0.319. The van der Waals surface area contributed by atoms with Crippen molar-refractivity contribution in [2.75, 3.05) is 10.0 Å². The fourth-order valence-corrected chi connectivity index (χ4v) is 4.30. The lowest BCUT2D eigenvalue weighted by molar-refractivity contribution is -0.137. The molecule has 3 aromatic rings. The molecule has 0 aliphatic carbocycles. The summed E-state index contributed by atoms with van der Waals surface area (Å²) in [6.45, 7) is 0. The van der Waals surface area contributed by atoms with Crippen LogP contribution in [0.15, 0.2) is 59.5 Å². The Morgan fingerprint density at radius 2 is 1.63 bits per heavy atom. The largest absolute Gasteiger partial charge is 0.416 e. The first-order chi connectivity index (χ1) is 12.7. The van der Waals surface area contributed by atoms with Gasteiger partial charge in [-0.25, -0.2) is 8.42 Å². The molecule has 0 bridgehead atoms. The zero-order chi connectivity index (χ0) is 19.4. The van der Waals surface area contributed by atoms with Gasteiger partial charge in [0.2, 0.25) is 0 Å². The highest BCUT2D eigenvalue weighted by molar-refractivity contribution is 7.93. The number of nitrogens with one attached hydrogen (secondary N) is 2. The van der Waals surface area contributed by atoms with E-state index in [-0.39, 0.29) is 16.5 Å². The van der Waals surface area contributed by atoms with Gasteiger partial charge >= 0.3 is 6.18 Å². The van der Waals surface area contributed by atoms with Crippen LogP contribution in [0.3, 0.4) is 0 Å². The number of amides is 1. The van der Waals surface area contributed by atoms with Gasteiger partial charge in [-0.05, 0) is 42.5 Å². The maximum atomic E-state index is 12.8. The second-order valence-electron chi connectivity index (χ2n) is 5.97. The number of rotatable bonds is 3. The van der Waals surface area contributed by atoms with Crippen molar-refractivity contribution in [1.29, 1.82) is 0 Å². The molecule has 0 aromatic heterocycles. The quantitative estimate of drug-likeness (QED) is 0.701. The third kappa shape index (κ3) is 2.89. The summed E-state index contributed by atoms with van der Waals surface area (Å²) in [6.07, 6.45) is -4.51. The summed E-state index contributed by atoms with van der Waals surface area (Å²) in [5, 5.41) is 3.51. The van der Waals surface area contributed by atoms with Crippen LogP contribution in [0.4, 0.5) is 24.5 Å². The number of hydrogen-bond acceptors (Lipinski definition) is 3. The first kappa shape index (κ1) is 17.3. The first-order valence-electron chi connectivity index (χ1n) is 7.74. The Hall–Kier alpha value is -3.07. The average Bonchev–Trinajstić information content (AvgIpc) is 2.92. The standard InChI is InChI=1S/C18H11F3N2O3S/c19-18(20,21)10-4-6-11(7-5-10)23-27(25,26)15-9-8-14-16-12(15)2-1-3-13(16)17(24)22-14/h1-9,23H,(H,22,24). The molecule has 9 heteroatoms. The molecule has 1 amide bonds. The van der Waals surface area contributed by atoms with Crippen molar-refractivity contribution in [3.05, 3.63) is 65.7 Å². The van der Waals surface area contributed by atoms with Crippen molar-refractivity contribution in [3.63, 3.8) is 0 Å². The van der Waals surface area contributed by atoms with Crippen molar-refractivity contribution < 1.29 is 26.4 Å². The fourth-order valence-electron chi connectivity index (χ4n) is 3.03. The van der Waals surface area contributed by atoms with Crippen LogP contribution >= 0.6 is 0 Å². The molecule has 0 unspecified atom stereocenters. The second kappa shape index (κ2) is 5.71. The lowest BCUT2D eigenvalue weighted by Crippen LogP contribution is -2.14. The minimum Gasteiger partial charge on any atom is -0.321 e. The fraction of sp³-hybridized carbons (Fsp3) is 0.0556. The number of carbonyl (C=O) groups is 1. The molecule has 5 nitrogen and oxygen atoms in total. The number of alkyl halides is 3. The van der Waals surface area contributed by atoms with Crippen LogP contribution in [-0.4, -0.2) is 14.3 Å². The van der Waals surface area contributed by atoms with E-state index in [4.69, 9.17) is 0 Å². The molecule has 0 saturated carbocycles. The van der Waals surface area contributed by atoms with Gasteiger partial charge in [0.15, 0.2) is 0 Å². The summed E-state index contributed by atoms with van der Waals surface area (Å²) in [7, 11) is -4.08. The number of halogens is 3. The molecule has 27 heavy (non-hydrogen) atoms. The molecular weight excluding hydrogens is 381 g/mol. The van der Waals surface area contributed by atoms with Gasteiger partial charge in [-0.3, -0.25) is 9.52 Å². The lowest BCUT2D eigenvalue weighted by Gasteiger charge is -2.12. The maximum absolute atomic E-state index is 12.8. The van der Waals surface area contributed by atoms with Crippen LogP contribution in [0.1, 0.15) is 15.9 Å². The number of carbonyl (C=O) groups excluding carboxylic acids is 1. The van der Waals surface area contributed by atoms with Gasteiger partial charge in [0.1, 0.15) is 0 Å². The Morgan fingerprint density at radius 1 is 0.926 bits per heavy atom. The molecule has 0 radical (unpaired) electrons. The molecule has 138 valence electrons. The van der Waals surface area contributed by atoms with E-state index in [2.05, 4.69) is 10.0 Å². The van der Waals surface area contributed by atoms with E-state index in [0.717, 1.165) is 24.3 Å². The third-order valence-corrected chi connectivity index (χ3v) is 5.69. The van der Waals surface area contributed by atoms with Gasteiger partial charge < -0.3 is 5.32 Å². The van der Waals surface area contributed by atoms with Crippen LogP contribution < -0.4 is 10.0 Å². The van der Waals surface area contributed by atoms with Crippen molar-refractivity contribution in [2.24, 2.45) is 0 Å². The average molecular weight is 392 g/mol. The van der Waals surface area contributed by atoms with Crippen LogP contribution in [0.2, 0.25) is 0 Å². The Bertz CT molecular complexity index is 1190. The Labute approximate surface area is 151 Å². The van der Waals surface area contributed by atoms with Gasteiger partial charge in [0, 0.05) is 27.7 Å². The Kier molecular flexibility index (Phi) is 3.67. The summed E-state index contributed by atoms with van der Waals surface area (Å²) in [6, 6.07) is 11.3. The molecule has 0 spiro atoms. The molecule has 1 aliphatic rings. The molecule has 2 N–H and O–H groups in total. The topological polar surface area (TPSA) is 75.3 Å². The first-order valence-corrected chi connectivity index (χ1v) is 9.22. The van der Waals surface area contributed by atoms with E-state index in [0.29, 0.717) is 22.0 Å². The van der Waals surface area contributed by atoms with E-state index in [1.54, 1.807) is 18.2 Å². The lowest BCUT2D eigenvalue weighted by atomic mass is 10.1. The molecule has 4 rings (SSSR count). The van der Waals surface area contributed by atoms with Gasteiger partial charge in [-0.15, -0.1) is 0 Å². The Balaban J connectivity index is 1.76. The number of sulfonamides is 1. The van der Waals surface area contributed by atoms with Gasteiger partial charge in [-0.1, -0.05) is 12.1 Å². The maximum Gasteiger partial charge on any atom is 0.416 e. The predicted octanol–water partition coefficient (Wildman–Crippen LogP) is 4.23. The summed E-state index contributed by atoms with van der Waals surface area (Å²) >= 11 is 0. The highest BCUT2D eigenvalue weighted by atomic mass is 32.2. The monoisotopic (exact) mass is 392 g/mol. The Morgan fingerprint density at radius 3 is 2.30 bits per heavy atom. The normalized spacial score (nSPS) is 13.7. The molecule has 0 atom stereocenters. The summed E-state index contributed by atoms with van der Waals surface area (Å²) in [4.78, 5) is 11.9. The molecule has 0 fully saturated rings. The highest BCUT2D eigenvalue weighted by Gasteiger charge is 2.30. The minimum absolute atomic E-state index is 0.000421.